The number of rotatable bonds is 5. The number of ether oxygens (including phenoxy) is 1. The smallest absolute Gasteiger partial charge is 0.334 e. The third-order valence-corrected chi connectivity index (χ3v) is 5.31. The van der Waals surface area contributed by atoms with Gasteiger partial charge in [0, 0.05) is 13.1 Å². The first kappa shape index (κ1) is 20.4. The van der Waals surface area contributed by atoms with E-state index >= 15 is 0 Å². The predicted octanol–water partition coefficient (Wildman–Crippen LogP) is 1.94. The zero-order valence-electron chi connectivity index (χ0n) is 16.2. The van der Waals surface area contributed by atoms with Gasteiger partial charge in [0.1, 0.15) is 0 Å². The third-order valence-electron chi connectivity index (χ3n) is 5.31. The number of hydroxylamine groups is 4. The second-order valence-electron chi connectivity index (χ2n) is 6.88. The summed E-state index contributed by atoms with van der Waals surface area (Å²) >= 11 is 0. The maximum absolute atomic E-state index is 12.8. The van der Waals surface area contributed by atoms with Crippen LogP contribution >= 0.6 is 0 Å². The van der Waals surface area contributed by atoms with Gasteiger partial charge in [-0.15, -0.1) is 0 Å². The molecule has 0 spiro atoms. The molecule has 7 heteroatoms. The monoisotopic (exact) mass is 364 g/mol. The highest BCUT2D eigenvalue weighted by atomic mass is 16.7. The molecule has 0 atom stereocenters. The number of benzene rings is 1. The van der Waals surface area contributed by atoms with Crippen LogP contribution in [0.1, 0.15) is 35.1 Å². The molecule has 2 rings (SSSR count). The second kappa shape index (κ2) is 8.16. The Morgan fingerprint density at radius 2 is 1.69 bits per heavy atom. The molecule has 1 N–H and O–H groups in total. The predicted molar refractivity (Wildman–Crippen MR) is 95.6 cm³/mol. The van der Waals surface area contributed by atoms with Crippen LogP contribution in [0.5, 0.6) is 0 Å². The van der Waals surface area contributed by atoms with E-state index in [1.165, 1.54) is 7.11 Å². The Bertz CT molecular complexity index is 681. The van der Waals surface area contributed by atoms with E-state index in [-0.39, 0.29) is 19.3 Å². The van der Waals surface area contributed by atoms with Crippen LogP contribution in [-0.4, -0.2) is 60.1 Å². The minimum atomic E-state index is -1.38. The molecule has 1 aliphatic heterocycles. The van der Waals surface area contributed by atoms with E-state index in [1.807, 2.05) is 32.9 Å². The van der Waals surface area contributed by atoms with Gasteiger partial charge >= 0.3 is 5.97 Å². The molecule has 1 saturated heterocycles. The van der Waals surface area contributed by atoms with Crippen LogP contribution < -0.4 is 0 Å². The van der Waals surface area contributed by atoms with Gasteiger partial charge in [0.25, 0.3) is 5.91 Å². The molecule has 1 aromatic rings. The lowest BCUT2D eigenvalue weighted by Gasteiger charge is -2.42. The summed E-state index contributed by atoms with van der Waals surface area (Å²) in [5.41, 5.74) is 2.67. The molecule has 0 radical (unpaired) electrons. The largest absolute Gasteiger partial charge is 0.467 e. The molecule has 7 nitrogen and oxygen atoms in total. The Labute approximate surface area is 154 Å². The molecule has 1 fully saturated rings. The van der Waals surface area contributed by atoms with Crippen LogP contribution in [0.2, 0.25) is 0 Å². The van der Waals surface area contributed by atoms with Gasteiger partial charge in [0.2, 0.25) is 0 Å². The van der Waals surface area contributed by atoms with E-state index in [2.05, 4.69) is 0 Å². The summed E-state index contributed by atoms with van der Waals surface area (Å²) in [4.78, 5) is 30.3. The zero-order valence-corrected chi connectivity index (χ0v) is 16.2. The second-order valence-corrected chi connectivity index (χ2v) is 6.88. The zero-order chi connectivity index (χ0) is 19.5. The van der Waals surface area contributed by atoms with Crippen molar-refractivity contribution >= 4 is 11.9 Å². The fourth-order valence-corrected chi connectivity index (χ4v) is 3.42. The standard InChI is InChI=1S/C19H28N2O5/c1-13-10-15(3)16(11-14(13)2)12-17(22)21(24)19(18(23)25-4)6-8-20(26-5)9-7-19/h10-11,24H,6-9,12H2,1-5H3. The van der Waals surface area contributed by atoms with E-state index in [4.69, 9.17) is 9.57 Å². The van der Waals surface area contributed by atoms with Gasteiger partial charge < -0.3 is 9.57 Å². The number of carbonyl (C=O) groups excluding carboxylic acids is 2. The normalized spacial score (nSPS) is 17.0. The van der Waals surface area contributed by atoms with Gasteiger partial charge in [0.05, 0.1) is 20.6 Å². The van der Waals surface area contributed by atoms with Gasteiger partial charge in [-0.05, 0) is 55.9 Å². The number of carbonyl (C=O) groups is 2. The van der Waals surface area contributed by atoms with Crippen molar-refractivity contribution in [1.82, 2.24) is 10.1 Å². The van der Waals surface area contributed by atoms with Crippen molar-refractivity contribution in [2.24, 2.45) is 0 Å². The van der Waals surface area contributed by atoms with Gasteiger partial charge in [-0.2, -0.15) is 5.06 Å². The number of amides is 1. The molecule has 144 valence electrons. The molecule has 1 amide bonds. The maximum Gasteiger partial charge on any atom is 0.334 e. The Hall–Kier alpha value is -1.96. The lowest BCUT2D eigenvalue weighted by molar-refractivity contribution is -0.228. The molecular formula is C19H28N2O5. The first-order chi connectivity index (χ1) is 12.2. The van der Waals surface area contributed by atoms with Gasteiger partial charge in [-0.1, -0.05) is 12.1 Å². The number of hydrogen-bond donors (Lipinski definition) is 1. The van der Waals surface area contributed by atoms with E-state index in [0.717, 1.165) is 22.3 Å². The maximum atomic E-state index is 12.8. The van der Waals surface area contributed by atoms with Crippen molar-refractivity contribution in [3.63, 3.8) is 0 Å². The fourth-order valence-electron chi connectivity index (χ4n) is 3.42. The van der Waals surface area contributed by atoms with Crippen LogP contribution in [0.25, 0.3) is 0 Å². The lowest BCUT2D eigenvalue weighted by Crippen LogP contribution is -2.61. The third kappa shape index (κ3) is 3.90. The van der Waals surface area contributed by atoms with Crippen molar-refractivity contribution in [1.29, 1.82) is 0 Å². The summed E-state index contributed by atoms with van der Waals surface area (Å²) in [5.74, 6) is -1.13. The number of esters is 1. The minimum Gasteiger partial charge on any atom is -0.467 e. The molecule has 26 heavy (non-hydrogen) atoms. The lowest BCUT2D eigenvalue weighted by atomic mass is 9.87. The van der Waals surface area contributed by atoms with Crippen molar-refractivity contribution < 1.29 is 24.4 Å². The summed E-state index contributed by atoms with van der Waals surface area (Å²) in [6, 6.07) is 3.97. The van der Waals surface area contributed by atoms with Crippen LogP contribution in [0, 0.1) is 20.8 Å². The van der Waals surface area contributed by atoms with Crippen LogP contribution in [0.3, 0.4) is 0 Å². The first-order valence-corrected chi connectivity index (χ1v) is 8.71. The van der Waals surface area contributed by atoms with Crippen molar-refractivity contribution in [2.45, 2.75) is 45.6 Å². The molecule has 0 unspecified atom stereocenters. The highest BCUT2D eigenvalue weighted by Gasteiger charge is 2.49. The molecule has 0 saturated carbocycles. The summed E-state index contributed by atoms with van der Waals surface area (Å²) in [5, 5.41) is 12.9. The Kier molecular flexibility index (Phi) is 6.39. The summed E-state index contributed by atoms with van der Waals surface area (Å²) in [6.07, 6.45) is 0.500. The van der Waals surface area contributed by atoms with E-state index in [1.54, 1.807) is 12.2 Å². The number of aryl methyl sites for hydroxylation is 3. The average molecular weight is 364 g/mol. The molecule has 1 aromatic carbocycles. The fraction of sp³-hybridized carbons (Fsp3) is 0.579. The van der Waals surface area contributed by atoms with Gasteiger partial charge in [-0.25, -0.2) is 9.86 Å². The number of hydrogen-bond acceptors (Lipinski definition) is 6. The number of nitrogens with zero attached hydrogens (tertiary/aromatic N) is 2. The van der Waals surface area contributed by atoms with Crippen molar-refractivity contribution in [3.8, 4) is 0 Å². The molecule has 0 aromatic heterocycles. The summed E-state index contributed by atoms with van der Waals surface area (Å²) in [7, 11) is 2.81. The Morgan fingerprint density at radius 1 is 1.12 bits per heavy atom. The Morgan fingerprint density at radius 3 is 2.23 bits per heavy atom. The SMILES string of the molecule is COC(=O)C1(N(O)C(=O)Cc2cc(C)c(C)cc2C)CCN(OC)CC1. The van der Waals surface area contributed by atoms with Crippen LogP contribution in [0.15, 0.2) is 12.1 Å². The highest BCUT2D eigenvalue weighted by Crippen LogP contribution is 2.30. The van der Waals surface area contributed by atoms with Crippen molar-refractivity contribution in [2.75, 3.05) is 27.3 Å². The summed E-state index contributed by atoms with van der Waals surface area (Å²) < 4.78 is 4.89. The quantitative estimate of drug-likeness (QED) is 0.489. The number of piperidine rings is 1. The van der Waals surface area contributed by atoms with Crippen LogP contribution in [-0.2, 0) is 25.6 Å². The van der Waals surface area contributed by atoms with E-state index < -0.39 is 17.4 Å². The molecular weight excluding hydrogens is 336 g/mol. The summed E-state index contributed by atoms with van der Waals surface area (Å²) in [6.45, 7) is 6.76. The minimum absolute atomic E-state index is 0.0240. The topological polar surface area (TPSA) is 79.3 Å². The average Bonchev–Trinajstić information content (AvgIpc) is 2.64. The van der Waals surface area contributed by atoms with Gasteiger partial charge in [0.15, 0.2) is 5.54 Å². The van der Waals surface area contributed by atoms with E-state index in [9.17, 15) is 14.8 Å². The molecule has 1 aliphatic rings. The van der Waals surface area contributed by atoms with Crippen LogP contribution in [0.4, 0.5) is 0 Å². The molecule has 0 aliphatic carbocycles. The Balaban J connectivity index is 2.23. The highest BCUT2D eigenvalue weighted by molar-refractivity contribution is 5.88. The number of methoxy groups -OCH3 is 1. The van der Waals surface area contributed by atoms with Crippen molar-refractivity contribution in [3.05, 3.63) is 34.4 Å². The van der Waals surface area contributed by atoms with E-state index in [0.29, 0.717) is 18.2 Å². The molecule has 0 bridgehead atoms. The molecule has 1 heterocycles. The first-order valence-electron chi connectivity index (χ1n) is 8.71. The van der Waals surface area contributed by atoms with Gasteiger partial charge in [-0.3, -0.25) is 10.0 Å².